The third-order valence-electron chi connectivity index (χ3n) is 2.44. The summed E-state index contributed by atoms with van der Waals surface area (Å²) in [6, 6.07) is 10.1. The van der Waals surface area contributed by atoms with Gasteiger partial charge in [-0.2, -0.15) is 0 Å². The van der Waals surface area contributed by atoms with E-state index in [0.717, 1.165) is 6.42 Å². The van der Waals surface area contributed by atoms with Crippen molar-refractivity contribution in [2.24, 2.45) is 5.92 Å². The number of carbonyl (C=O) groups excluding carboxylic acids is 1. The van der Waals surface area contributed by atoms with Crippen molar-refractivity contribution in [3.05, 3.63) is 35.9 Å². The molecule has 3 heteroatoms. The van der Waals surface area contributed by atoms with Crippen LogP contribution in [-0.4, -0.2) is 19.2 Å². The minimum atomic E-state index is -0.220. The van der Waals surface area contributed by atoms with Crippen molar-refractivity contribution in [2.75, 3.05) is 13.2 Å². The van der Waals surface area contributed by atoms with Gasteiger partial charge in [-0.1, -0.05) is 37.3 Å². The smallest absolute Gasteiger partial charge is 0.302 e. The van der Waals surface area contributed by atoms with E-state index >= 15 is 0 Å². The van der Waals surface area contributed by atoms with Gasteiger partial charge in [0, 0.05) is 13.5 Å². The van der Waals surface area contributed by atoms with Crippen LogP contribution in [0.5, 0.6) is 0 Å². The first-order chi connectivity index (χ1) is 8.18. The van der Waals surface area contributed by atoms with Crippen molar-refractivity contribution in [3.8, 4) is 0 Å². The highest BCUT2D eigenvalue weighted by Gasteiger charge is 2.04. The van der Waals surface area contributed by atoms with Crippen molar-refractivity contribution in [2.45, 2.75) is 26.9 Å². The quantitative estimate of drug-likeness (QED) is 0.539. The zero-order valence-corrected chi connectivity index (χ0v) is 10.5. The van der Waals surface area contributed by atoms with Crippen LogP contribution >= 0.6 is 0 Å². The summed E-state index contributed by atoms with van der Waals surface area (Å²) >= 11 is 0. The largest absolute Gasteiger partial charge is 0.466 e. The summed E-state index contributed by atoms with van der Waals surface area (Å²) in [4.78, 5) is 10.6. The number of ether oxygens (including phenoxy) is 2. The van der Waals surface area contributed by atoms with Crippen molar-refractivity contribution in [1.82, 2.24) is 0 Å². The number of hydrogen-bond acceptors (Lipinski definition) is 3. The first kappa shape index (κ1) is 13.7. The molecule has 94 valence electrons. The molecular weight excluding hydrogens is 216 g/mol. The molecule has 0 aliphatic heterocycles. The van der Waals surface area contributed by atoms with Gasteiger partial charge in [0.05, 0.1) is 13.2 Å². The molecule has 0 bridgehead atoms. The van der Waals surface area contributed by atoms with E-state index in [1.807, 2.05) is 30.3 Å². The zero-order valence-electron chi connectivity index (χ0n) is 10.5. The Bertz CT molecular complexity index is 321. The van der Waals surface area contributed by atoms with E-state index in [1.54, 1.807) is 0 Å². The molecule has 0 aliphatic carbocycles. The highest BCUT2D eigenvalue weighted by atomic mass is 16.5. The van der Waals surface area contributed by atoms with Crippen LogP contribution in [0.2, 0.25) is 0 Å². The Morgan fingerprint density at radius 1 is 1.29 bits per heavy atom. The Hall–Kier alpha value is -1.35. The van der Waals surface area contributed by atoms with Crippen LogP contribution in [0, 0.1) is 5.92 Å². The highest BCUT2D eigenvalue weighted by molar-refractivity contribution is 5.65. The van der Waals surface area contributed by atoms with Gasteiger partial charge >= 0.3 is 5.97 Å². The van der Waals surface area contributed by atoms with Gasteiger partial charge in [-0.05, 0) is 17.9 Å². The molecule has 0 spiro atoms. The van der Waals surface area contributed by atoms with Crippen LogP contribution < -0.4 is 0 Å². The summed E-state index contributed by atoms with van der Waals surface area (Å²) < 4.78 is 10.5. The van der Waals surface area contributed by atoms with Crippen molar-refractivity contribution in [1.29, 1.82) is 0 Å². The van der Waals surface area contributed by atoms with Gasteiger partial charge in [0.25, 0.3) is 0 Å². The van der Waals surface area contributed by atoms with E-state index in [-0.39, 0.29) is 5.97 Å². The van der Waals surface area contributed by atoms with Gasteiger partial charge < -0.3 is 9.47 Å². The second-order valence-corrected chi connectivity index (χ2v) is 4.23. The lowest BCUT2D eigenvalue weighted by Crippen LogP contribution is -2.11. The molecule has 1 atom stereocenters. The van der Waals surface area contributed by atoms with E-state index in [0.29, 0.717) is 25.7 Å². The molecule has 3 nitrogen and oxygen atoms in total. The fraction of sp³-hybridized carbons (Fsp3) is 0.500. The Kier molecular flexibility index (Phi) is 6.33. The maximum absolute atomic E-state index is 10.6. The Labute approximate surface area is 103 Å². The van der Waals surface area contributed by atoms with Gasteiger partial charge in [-0.25, -0.2) is 0 Å². The Morgan fingerprint density at radius 3 is 2.65 bits per heavy atom. The number of benzene rings is 1. The van der Waals surface area contributed by atoms with E-state index in [2.05, 4.69) is 6.92 Å². The third-order valence-corrected chi connectivity index (χ3v) is 2.44. The van der Waals surface area contributed by atoms with Gasteiger partial charge in [0.1, 0.15) is 0 Å². The molecule has 1 unspecified atom stereocenters. The van der Waals surface area contributed by atoms with Gasteiger partial charge in [-0.3, -0.25) is 4.79 Å². The summed E-state index contributed by atoms with van der Waals surface area (Å²) in [7, 11) is 0. The topological polar surface area (TPSA) is 35.5 Å². The van der Waals surface area contributed by atoms with Crippen molar-refractivity contribution < 1.29 is 14.3 Å². The second-order valence-electron chi connectivity index (χ2n) is 4.23. The number of carbonyl (C=O) groups is 1. The van der Waals surface area contributed by atoms with E-state index < -0.39 is 0 Å². The normalized spacial score (nSPS) is 12.1. The maximum Gasteiger partial charge on any atom is 0.302 e. The summed E-state index contributed by atoms with van der Waals surface area (Å²) in [6.45, 7) is 5.29. The predicted molar refractivity (Wildman–Crippen MR) is 66.5 cm³/mol. The zero-order chi connectivity index (χ0) is 12.5. The number of rotatable bonds is 7. The standard InChI is InChI=1S/C14H20O3/c1-12(10-17-13(2)15)8-9-16-11-14-6-4-3-5-7-14/h3-7,12H,8-11H2,1-2H3. The van der Waals surface area contributed by atoms with Crippen LogP contribution in [0.4, 0.5) is 0 Å². The molecule has 0 fully saturated rings. The summed E-state index contributed by atoms with van der Waals surface area (Å²) in [5, 5.41) is 0. The Balaban J connectivity index is 2.06. The molecular formula is C14H20O3. The van der Waals surface area contributed by atoms with Crippen LogP contribution in [0.25, 0.3) is 0 Å². The molecule has 1 aromatic rings. The average Bonchev–Trinajstić information content (AvgIpc) is 2.33. The average molecular weight is 236 g/mol. The molecule has 1 aromatic carbocycles. The molecule has 0 heterocycles. The van der Waals surface area contributed by atoms with Crippen LogP contribution in [0.1, 0.15) is 25.8 Å². The summed E-state index contributed by atoms with van der Waals surface area (Å²) in [5.74, 6) is 0.122. The summed E-state index contributed by atoms with van der Waals surface area (Å²) in [6.07, 6.45) is 0.903. The van der Waals surface area contributed by atoms with E-state index in [1.165, 1.54) is 12.5 Å². The molecule has 0 amide bonds. The lowest BCUT2D eigenvalue weighted by atomic mass is 10.1. The molecule has 0 saturated heterocycles. The maximum atomic E-state index is 10.6. The van der Waals surface area contributed by atoms with Crippen LogP contribution in [-0.2, 0) is 20.9 Å². The van der Waals surface area contributed by atoms with Gasteiger partial charge in [-0.15, -0.1) is 0 Å². The molecule has 0 saturated carbocycles. The lowest BCUT2D eigenvalue weighted by molar-refractivity contribution is -0.142. The van der Waals surface area contributed by atoms with E-state index in [4.69, 9.17) is 9.47 Å². The third kappa shape index (κ3) is 6.74. The minimum Gasteiger partial charge on any atom is -0.466 e. The molecule has 17 heavy (non-hydrogen) atoms. The molecule has 0 N–H and O–H groups in total. The van der Waals surface area contributed by atoms with Gasteiger partial charge in [0.2, 0.25) is 0 Å². The fourth-order valence-corrected chi connectivity index (χ4v) is 1.39. The van der Waals surface area contributed by atoms with Crippen molar-refractivity contribution in [3.63, 3.8) is 0 Å². The number of esters is 1. The Morgan fingerprint density at radius 2 is 2.00 bits per heavy atom. The monoisotopic (exact) mass is 236 g/mol. The van der Waals surface area contributed by atoms with Crippen molar-refractivity contribution >= 4 is 5.97 Å². The summed E-state index contributed by atoms with van der Waals surface area (Å²) in [5.41, 5.74) is 1.18. The van der Waals surface area contributed by atoms with Crippen LogP contribution in [0.3, 0.4) is 0 Å². The SMILES string of the molecule is CC(=O)OCC(C)CCOCc1ccccc1. The van der Waals surface area contributed by atoms with Gasteiger partial charge in [0.15, 0.2) is 0 Å². The molecule has 1 rings (SSSR count). The highest BCUT2D eigenvalue weighted by Crippen LogP contribution is 2.05. The van der Waals surface area contributed by atoms with E-state index in [9.17, 15) is 4.79 Å². The molecule has 0 aromatic heterocycles. The number of hydrogen-bond donors (Lipinski definition) is 0. The fourth-order valence-electron chi connectivity index (χ4n) is 1.39. The first-order valence-corrected chi connectivity index (χ1v) is 5.93. The second kappa shape index (κ2) is 7.85. The predicted octanol–water partition coefficient (Wildman–Crippen LogP) is 2.79. The minimum absolute atomic E-state index is 0.220. The first-order valence-electron chi connectivity index (χ1n) is 5.93. The lowest BCUT2D eigenvalue weighted by Gasteiger charge is -2.11. The van der Waals surface area contributed by atoms with Crippen LogP contribution in [0.15, 0.2) is 30.3 Å². The molecule has 0 aliphatic rings. The molecule has 0 radical (unpaired) electrons.